The van der Waals surface area contributed by atoms with Crippen LogP contribution in [0.3, 0.4) is 0 Å². The number of pyridine rings is 1. The summed E-state index contributed by atoms with van der Waals surface area (Å²) in [5, 5.41) is 2.23. The Morgan fingerprint density at radius 1 is 1.07 bits per heavy atom. The van der Waals surface area contributed by atoms with Crippen molar-refractivity contribution in [2.45, 2.75) is 25.8 Å². The largest absolute Gasteiger partial charge is 0.433 e. The van der Waals surface area contributed by atoms with E-state index in [9.17, 15) is 31.1 Å². The SMILES string of the molecule is Cc1nc(C(F)(F)F)ccc1C(=O)Nc1cc(CN)cc(C(F)(F)F)c1.Cl. The number of hydrogen-bond acceptors (Lipinski definition) is 3. The van der Waals surface area contributed by atoms with E-state index in [1.54, 1.807) is 0 Å². The summed E-state index contributed by atoms with van der Waals surface area (Å²) in [7, 11) is 0. The predicted octanol–water partition coefficient (Wildman–Crippen LogP) is 4.56. The zero-order valence-electron chi connectivity index (χ0n) is 13.7. The number of anilines is 1. The molecule has 2 aromatic rings. The summed E-state index contributed by atoms with van der Waals surface area (Å²) in [6.07, 6.45) is -9.31. The molecule has 2 rings (SSSR count). The third kappa shape index (κ3) is 5.57. The molecule has 27 heavy (non-hydrogen) atoms. The maximum Gasteiger partial charge on any atom is 0.433 e. The lowest BCUT2D eigenvalue weighted by molar-refractivity contribution is -0.141. The van der Waals surface area contributed by atoms with Crippen molar-refractivity contribution in [3.05, 3.63) is 58.4 Å². The number of benzene rings is 1. The summed E-state index contributed by atoms with van der Waals surface area (Å²) in [5.74, 6) is -0.883. The summed E-state index contributed by atoms with van der Waals surface area (Å²) in [4.78, 5) is 15.5. The zero-order chi connectivity index (χ0) is 19.7. The van der Waals surface area contributed by atoms with Crippen LogP contribution in [0.5, 0.6) is 0 Å². The molecule has 4 nitrogen and oxygen atoms in total. The van der Waals surface area contributed by atoms with E-state index in [1.165, 1.54) is 13.0 Å². The normalized spacial score (nSPS) is 11.7. The molecule has 0 bridgehead atoms. The molecule has 0 atom stereocenters. The number of alkyl halides is 6. The Kier molecular flexibility index (Phi) is 6.84. The van der Waals surface area contributed by atoms with Crippen molar-refractivity contribution in [3.63, 3.8) is 0 Å². The lowest BCUT2D eigenvalue weighted by Gasteiger charge is -2.13. The van der Waals surface area contributed by atoms with Crippen LogP contribution in [-0.2, 0) is 18.9 Å². The van der Waals surface area contributed by atoms with E-state index in [2.05, 4.69) is 10.3 Å². The molecular formula is C16H14ClF6N3O. The predicted molar refractivity (Wildman–Crippen MR) is 88.5 cm³/mol. The third-order valence-corrected chi connectivity index (χ3v) is 3.43. The Morgan fingerprint density at radius 2 is 1.70 bits per heavy atom. The molecule has 1 amide bonds. The fourth-order valence-electron chi connectivity index (χ4n) is 2.20. The Bertz CT molecular complexity index is 836. The van der Waals surface area contributed by atoms with Crippen LogP contribution in [0.15, 0.2) is 30.3 Å². The summed E-state index contributed by atoms with van der Waals surface area (Å²) in [5.41, 5.74) is 2.75. The molecule has 0 saturated carbocycles. The Labute approximate surface area is 156 Å². The monoisotopic (exact) mass is 413 g/mol. The standard InChI is InChI=1S/C16H13F6N3O.ClH/c1-8-12(2-3-13(24-8)16(20,21)22)14(26)25-11-5-9(7-23)4-10(6-11)15(17,18)19;/h2-6H,7,23H2,1H3,(H,25,26);1H. The van der Waals surface area contributed by atoms with Crippen LogP contribution in [0.2, 0.25) is 0 Å². The molecule has 0 unspecified atom stereocenters. The number of hydrogen-bond donors (Lipinski definition) is 2. The first-order valence-corrected chi connectivity index (χ1v) is 7.19. The molecule has 1 heterocycles. The van der Waals surface area contributed by atoms with E-state index in [0.717, 1.165) is 12.1 Å². The lowest BCUT2D eigenvalue weighted by atomic mass is 10.1. The molecule has 0 spiro atoms. The van der Waals surface area contributed by atoms with Crippen LogP contribution in [0.25, 0.3) is 0 Å². The third-order valence-electron chi connectivity index (χ3n) is 3.43. The minimum atomic E-state index is -4.67. The van der Waals surface area contributed by atoms with Gasteiger partial charge in [-0.3, -0.25) is 4.79 Å². The highest BCUT2D eigenvalue weighted by atomic mass is 35.5. The molecule has 0 saturated heterocycles. The molecule has 1 aromatic heterocycles. The van der Waals surface area contributed by atoms with Crippen molar-refractivity contribution in [2.24, 2.45) is 5.73 Å². The average Bonchev–Trinajstić information content (AvgIpc) is 2.52. The molecule has 0 radical (unpaired) electrons. The molecule has 0 aliphatic carbocycles. The number of amides is 1. The number of halogens is 7. The van der Waals surface area contributed by atoms with Crippen LogP contribution in [0.4, 0.5) is 32.0 Å². The van der Waals surface area contributed by atoms with Crippen molar-refractivity contribution < 1.29 is 31.1 Å². The van der Waals surface area contributed by atoms with Crippen molar-refractivity contribution in [1.29, 1.82) is 0 Å². The van der Waals surface area contributed by atoms with Crippen molar-refractivity contribution in [2.75, 3.05) is 5.32 Å². The lowest BCUT2D eigenvalue weighted by Crippen LogP contribution is -2.17. The van der Waals surface area contributed by atoms with Crippen LogP contribution in [0.1, 0.15) is 32.9 Å². The second-order valence-electron chi connectivity index (χ2n) is 5.40. The minimum absolute atomic E-state index is 0. The van der Waals surface area contributed by atoms with Crippen LogP contribution < -0.4 is 11.1 Å². The van der Waals surface area contributed by atoms with Gasteiger partial charge >= 0.3 is 12.4 Å². The zero-order valence-corrected chi connectivity index (χ0v) is 14.5. The summed E-state index contributed by atoms with van der Waals surface area (Å²) in [6.45, 7) is 1.01. The summed E-state index contributed by atoms with van der Waals surface area (Å²) < 4.78 is 76.5. The molecular weight excluding hydrogens is 400 g/mol. The second kappa shape index (κ2) is 8.13. The van der Waals surface area contributed by atoms with Gasteiger partial charge in [0.2, 0.25) is 0 Å². The van der Waals surface area contributed by atoms with Gasteiger partial charge in [0, 0.05) is 12.2 Å². The first kappa shape index (κ1) is 22.7. The highest BCUT2D eigenvalue weighted by Gasteiger charge is 2.33. The van der Waals surface area contributed by atoms with Gasteiger partial charge in [-0.1, -0.05) is 0 Å². The summed E-state index contributed by atoms with van der Waals surface area (Å²) >= 11 is 0. The van der Waals surface area contributed by atoms with E-state index in [-0.39, 0.29) is 41.5 Å². The van der Waals surface area contributed by atoms with Crippen LogP contribution in [0, 0.1) is 6.92 Å². The van der Waals surface area contributed by atoms with Gasteiger partial charge in [0.05, 0.1) is 16.8 Å². The van der Waals surface area contributed by atoms with Gasteiger partial charge in [-0.2, -0.15) is 26.3 Å². The molecule has 0 fully saturated rings. The van der Waals surface area contributed by atoms with Gasteiger partial charge in [0.15, 0.2) is 0 Å². The number of rotatable bonds is 3. The number of carbonyl (C=O) groups excluding carboxylic acids is 1. The molecule has 3 N–H and O–H groups in total. The fourth-order valence-corrected chi connectivity index (χ4v) is 2.20. The Hall–Kier alpha value is -2.33. The maximum atomic E-state index is 12.9. The quantitative estimate of drug-likeness (QED) is 0.725. The average molecular weight is 414 g/mol. The van der Waals surface area contributed by atoms with Gasteiger partial charge in [0.1, 0.15) is 5.69 Å². The van der Waals surface area contributed by atoms with E-state index in [0.29, 0.717) is 12.1 Å². The van der Waals surface area contributed by atoms with Crippen LogP contribution in [-0.4, -0.2) is 10.9 Å². The number of aryl methyl sites for hydroxylation is 1. The smallest absolute Gasteiger partial charge is 0.326 e. The van der Waals surface area contributed by atoms with Crippen LogP contribution >= 0.6 is 12.4 Å². The van der Waals surface area contributed by atoms with E-state index < -0.39 is 29.5 Å². The second-order valence-corrected chi connectivity index (χ2v) is 5.40. The highest BCUT2D eigenvalue weighted by Crippen LogP contribution is 2.32. The van der Waals surface area contributed by atoms with E-state index in [1.807, 2.05) is 0 Å². The molecule has 11 heteroatoms. The number of nitrogens with zero attached hydrogens (tertiary/aromatic N) is 1. The topological polar surface area (TPSA) is 68.0 Å². The number of nitrogens with two attached hydrogens (primary N) is 1. The van der Waals surface area contributed by atoms with Gasteiger partial charge in [-0.15, -0.1) is 12.4 Å². The van der Waals surface area contributed by atoms with E-state index in [4.69, 9.17) is 5.73 Å². The minimum Gasteiger partial charge on any atom is -0.326 e. The summed E-state index contributed by atoms with van der Waals surface area (Å²) in [6, 6.07) is 4.35. The van der Waals surface area contributed by atoms with Crippen molar-refractivity contribution >= 4 is 24.0 Å². The number of carbonyl (C=O) groups is 1. The van der Waals surface area contributed by atoms with Crippen molar-refractivity contribution in [3.8, 4) is 0 Å². The number of nitrogens with one attached hydrogen (secondary N) is 1. The molecule has 1 aromatic carbocycles. The maximum absolute atomic E-state index is 12.9. The fraction of sp³-hybridized carbons (Fsp3) is 0.250. The Balaban J connectivity index is 0.00000364. The first-order valence-electron chi connectivity index (χ1n) is 7.19. The van der Waals surface area contributed by atoms with Gasteiger partial charge in [0.25, 0.3) is 5.91 Å². The van der Waals surface area contributed by atoms with E-state index >= 15 is 0 Å². The number of aromatic nitrogens is 1. The molecule has 148 valence electrons. The van der Waals surface area contributed by atoms with Gasteiger partial charge in [-0.25, -0.2) is 4.98 Å². The van der Waals surface area contributed by atoms with Gasteiger partial charge in [-0.05, 0) is 42.8 Å². The molecule has 0 aliphatic heterocycles. The highest BCUT2D eigenvalue weighted by molar-refractivity contribution is 6.05. The Morgan fingerprint density at radius 3 is 2.19 bits per heavy atom. The molecule has 0 aliphatic rings. The van der Waals surface area contributed by atoms with Crippen molar-refractivity contribution in [1.82, 2.24) is 4.98 Å². The van der Waals surface area contributed by atoms with Gasteiger partial charge < -0.3 is 11.1 Å². The first-order chi connectivity index (χ1) is 11.9.